The van der Waals surface area contributed by atoms with Gasteiger partial charge in [0.05, 0.1) is 24.2 Å². The Bertz CT molecular complexity index is 426. The number of hydrogen-bond acceptors (Lipinski definition) is 6. The van der Waals surface area contributed by atoms with Gasteiger partial charge < -0.3 is 14.8 Å². The minimum Gasteiger partial charge on any atom is -0.382 e. The second-order valence-corrected chi connectivity index (χ2v) is 4.35. The number of anilines is 1. The summed E-state index contributed by atoms with van der Waals surface area (Å²) in [5, 5.41) is 13.9. The molecule has 0 aliphatic rings. The lowest BCUT2D eigenvalue weighted by molar-refractivity contribution is -0.385. The van der Waals surface area contributed by atoms with E-state index in [1.54, 1.807) is 14.0 Å². The normalized spacial score (nSPS) is 10.5. The molecule has 0 aliphatic carbocycles. The standard InChI is InChI=1S/C13H21N3O4/c1-11-10-15-13(9-12(11)16(17)18)14-5-3-4-6-20-8-7-19-2/h9-10H,3-8H2,1-2H3,(H,14,15). The van der Waals surface area contributed by atoms with Crippen LogP contribution in [0.3, 0.4) is 0 Å². The van der Waals surface area contributed by atoms with Gasteiger partial charge in [0.2, 0.25) is 0 Å². The number of aryl methyl sites for hydroxylation is 1. The largest absolute Gasteiger partial charge is 0.382 e. The van der Waals surface area contributed by atoms with Crippen molar-refractivity contribution in [2.75, 3.05) is 38.8 Å². The number of nitrogens with one attached hydrogen (secondary N) is 1. The Labute approximate surface area is 118 Å². The molecule has 0 fully saturated rings. The molecule has 0 spiro atoms. The van der Waals surface area contributed by atoms with Crippen molar-refractivity contribution >= 4 is 11.5 Å². The summed E-state index contributed by atoms with van der Waals surface area (Å²) in [4.78, 5) is 14.5. The lowest BCUT2D eigenvalue weighted by atomic mass is 10.2. The zero-order chi connectivity index (χ0) is 14.8. The average Bonchev–Trinajstić information content (AvgIpc) is 2.43. The number of ether oxygens (including phenoxy) is 2. The number of rotatable bonds is 10. The average molecular weight is 283 g/mol. The predicted molar refractivity (Wildman–Crippen MR) is 76.0 cm³/mol. The van der Waals surface area contributed by atoms with Gasteiger partial charge in [0, 0.05) is 32.0 Å². The van der Waals surface area contributed by atoms with Crippen LogP contribution >= 0.6 is 0 Å². The maximum Gasteiger partial charge on any atom is 0.277 e. The Balaban J connectivity index is 2.22. The number of pyridine rings is 1. The highest BCUT2D eigenvalue weighted by Gasteiger charge is 2.11. The Kier molecular flexibility index (Phi) is 7.52. The minimum absolute atomic E-state index is 0.0883. The first-order valence-electron chi connectivity index (χ1n) is 6.56. The van der Waals surface area contributed by atoms with Gasteiger partial charge in [-0.25, -0.2) is 4.98 Å². The number of methoxy groups -OCH3 is 1. The number of aromatic nitrogens is 1. The third-order valence-electron chi connectivity index (χ3n) is 2.72. The van der Waals surface area contributed by atoms with E-state index in [4.69, 9.17) is 9.47 Å². The molecule has 0 aliphatic heterocycles. The molecule has 0 saturated carbocycles. The highest BCUT2D eigenvalue weighted by molar-refractivity contribution is 5.48. The van der Waals surface area contributed by atoms with E-state index in [0.717, 1.165) is 12.8 Å². The topological polar surface area (TPSA) is 86.5 Å². The van der Waals surface area contributed by atoms with Crippen LogP contribution in [-0.4, -0.2) is 43.4 Å². The van der Waals surface area contributed by atoms with E-state index in [-0.39, 0.29) is 5.69 Å². The van der Waals surface area contributed by atoms with Crippen LogP contribution in [0.15, 0.2) is 12.3 Å². The third-order valence-corrected chi connectivity index (χ3v) is 2.72. The van der Waals surface area contributed by atoms with Gasteiger partial charge in [-0.15, -0.1) is 0 Å². The van der Waals surface area contributed by atoms with E-state index in [9.17, 15) is 10.1 Å². The molecule has 0 aromatic carbocycles. The fraction of sp³-hybridized carbons (Fsp3) is 0.615. The molecule has 20 heavy (non-hydrogen) atoms. The SMILES string of the molecule is COCCOCCCCNc1cc([N+](=O)[O-])c(C)cn1. The first-order chi connectivity index (χ1) is 9.65. The van der Waals surface area contributed by atoms with Crippen molar-refractivity contribution in [2.24, 2.45) is 0 Å². The number of unbranched alkanes of at least 4 members (excludes halogenated alkanes) is 1. The minimum atomic E-state index is -0.397. The van der Waals surface area contributed by atoms with Crippen molar-refractivity contribution in [1.29, 1.82) is 0 Å². The molecule has 0 atom stereocenters. The van der Waals surface area contributed by atoms with Gasteiger partial charge in [0.1, 0.15) is 5.82 Å². The molecule has 1 N–H and O–H groups in total. The molecule has 1 heterocycles. The first kappa shape index (κ1) is 16.3. The lowest BCUT2D eigenvalue weighted by Gasteiger charge is -2.06. The monoisotopic (exact) mass is 283 g/mol. The van der Waals surface area contributed by atoms with Gasteiger partial charge in [0.25, 0.3) is 5.69 Å². The maximum absolute atomic E-state index is 10.8. The molecule has 7 heteroatoms. The molecular weight excluding hydrogens is 262 g/mol. The van der Waals surface area contributed by atoms with Crippen LogP contribution in [0, 0.1) is 17.0 Å². The molecule has 1 rings (SSSR count). The second kappa shape index (κ2) is 9.22. The quantitative estimate of drug-likeness (QED) is 0.402. The molecule has 1 aromatic rings. The van der Waals surface area contributed by atoms with Crippen LogP contribution in [0.2, 0.25) is 0 Å². The number of hydrogen-bond donors (Lipinski definition) is 1. The zero-order valence-electron chi connectivity index (χ0n) is 11.9. The molecule has 0 saturated heterocycles. The summed E-state index contributed by atoms with van der Waals surface area (Å²) in [7, 11) is 1.64. The van der Waals surface area contributed by atoms with Crippen LogP contribution in [0.4, 0.5) is 11.5 Å². The molecule has 1 aromatic heterocycles. The van der Waals surface area contributed by atoms with Gasteiger partial charge >= 0.3 is 0 Å². The highest BCUT2D eigenvalue weighted by atomic mass is 16.6. The molecule has 0 radical (unpaired) electrons. The first-order valence-corrected chi connectivity index (χ1v) is 6.56. The van der Waals surface area contributed by atoms with Gasteiger partial charge in [0.15, 0.2) is 0 Å². The van der Waals surface area contributed by atoms with Gasteiger partial charge in [-0.1, -0.05) is 0 Å². The molecular formula is C13H21N3O4. The predicted octanol–water partition coefficient (Wildman–Crippen LogP) is 2.15. The van der Waals surface area contributed by atoms with Crippen molar-refractivity contribution in [1.82, 2.24) is 4.98 Å². The van der Waals surface area contributed by atoms with Crippen molar-refractivity contribution in [3.8, 4) is 0 Å². The number of nitrogens with zero attached hydrogens (tertiary/aromatic N) is 2. The smallest absolute Gasteiger partial charge is 0.277 e. The van der Waals surface area contributed by atoms with E-state index in [1.165, 1.54) is 12.3 Å². The van der Waals surface area contributed by atoms with Crippen LogP contribution in [0.5, 0.6) is 0 Å². The summed E-state index contributed by atoms with van der Waals surface area (Å²) in [5.41, 5.74) is 0.650. The van der Waals surface area contributed by atoms with Gasteiger partial charge in [-0.3, -0.25) is 10.1 Å². The summed E-state index contributed by atoms with van der Waals surface area (Å²) in [6, 6.07) is 1.46. The Hall–Kier alpha value is -1.73. The number of nitro groups is 1. The van der Waals surface area contributed by atoms with Crippen LogP contribution in [0.25, 0.3) is 0 Å². The van der Waals surface area contributed by atoms with Crippen LogP contribution in [0.1, 0.15) is 18.4 Å². The highest BCUT2D eigenvalue weighted by Crippen LogP contribution is 2.19. The molecule has 112 valence electrons. The third kappa shape index (κ3) is 5.94. The Morgan fingerprint density at radius 3 is 2.85 bits per heavy atom. The summed E-state index contributed by atoms with van der Waals surface area (Å²) < 4.78 is 10.2. The van der Waals surface area contributed by atoms with Crippen LogP contribution in [-0.2, 0) is 9.47 Å². The van der Waals surface area contributed by atoms with Crippen LogP contribution < -0.4 is 5.32 Å². The Morgan fingerprint density at radius 1 is 1.35 bits per heavy atom. The second-order valence-electron chi connectivity index (χ2n) is 4.35. The van der Waals surface area contributed by atoms with E-state index in [1.807, 2.05) is 0 Å². The van der Waals surface area contributed by atoms with E-state index in [0.29, 0.717) is 37.7 Å². The van der Waals surface area contributed by atoms with E-state index < -0.39 is 4.92 Å². The van der Waals surface area contributed by atoms with Crippen molar-refractivity contribution in [2.45, 2.75) is 19.8 Å². The van der Waals surface area contributed by atoms with Crippen molar-refractivity contribution in [3.05, 3.63) is 27.9 Å². The van der Waals surface area contributed by atoms with E-state index >= 15 is 0 Å². The van der Waals surface area contributed by atoms with Gasteiger partial charge in [-0.05, 0) is 19.8 Å². The molecule has 0 amide bonds. The summed E-state index contributed by atoms with van der Waals surface area (Å²) in [6.07, 6.45) is 3.34. The zero-order valence-corrected chi connectivity index (χ0v) is 11.9. The summed E-state index contributed by atoms with van der Waals surface area (Å²) >= 11 is 0. The van der Waals surface area contributed by atoms with Crippen molar-refractivity contribution in [3.63, 3.8) is 0 Å². The van der Waals surface area contributed by atoms with E-state index in [2.05, 4.69) is 10.3 Å². The van der Waals surface area contributed by atoms with Crippen molar-refractivity contribution < 1.29 is 14.4 Å². The molecule has 0 bridgehead atoms. The fourth-order valence-corrected chi connectivity index (χ4v) is 1.60. The molecule has 0 unspecified atom stereocenters. The summed E-state index contributed by atoms with van der Waals surface area (Å²) in [6.45, 7) is 4.28. The summed E-state index contributed by atoms with van der Waals surface area (Å²) in [5.74, 6) is 0.530. The van der Waals surface area contributed by atoms with Gasteiger partial charge in [-0.2, -0.15) is 0 Å². The fourth-order valence-electron chi connectivity index (χ4n) is 1.60. The Morgan fingerprint density at radius 2 is 2.15 bits per heavy atom. The maximum atomic E-state index is 10.8. The molecule has 7 nitrogen and oxygen atoms in total. The lowest BCUT2D eigenvalue weighted by Crippen LogP contribution is -2.07.